The van der Waals surface area contributed by atoms with Crippen LogP contribution >= 0.6 is 0 Å². The maximum absolute atomic E-state index is 5.35. The number of hydrogen-bond donors (Lipinski definition) is 1. The highest BCUT2D eigenvalue weighted by Crippen LogP contribution is 2.24. The zero-order valence-electron chi connectivity index (χ0n) is 5.00. The minimum atomic E-state index is 0.463. The van der Waals surface area contributed by atoms with Crippen molar-refractivity contribution in [3.05, 3.63) is 12.5 Å². The van der Waals surface area contributed by atoms with Crippen LogP contribution in [0.25, 0.3) is 0 Å². The topological polar surface area (TPSA) is 37.9 Å². The van der Waals surface area contributed by atoms with Crippen LogP contribution in [0.5, 0.6) is 5.88 Å². The Morgan fingerprint density at radius 2 is 2.56 bits per heavy atom. The molecule has 1 aliphatic rings. The van der Waals surface area contributed by atoms with Crippen molar-refractivity contribution in [2.45, 2.75) is 18.9 Å². The molecular formula is C6H8N2O. The third-order valence-corrected chi connectivity index (χ3v) is 1.29. The molecule has 48 valence electrons. The van der Waals surface area contributed by atoms with Crippen LogP contribution in [0.3, 0.4) is 0 Å². The highest BCUT2D eigenvalue weighted by Gasteiger charge is 2.23. The Labute approximate surface area is 53.1 Å². The van der Waals surface area contributed by atoms with Crippen molar-refractivity contribution in [1.82, 2.24) is 9.97 Å². The Hall–Kier alpha value is -0.990. The number of aromatic nitrogens is 2. The second-order valence-corrected chi connectivity index (χ2v) is 2.23. The third-order valence-electron chi connectivity index (χ3n) is 1.29. The van der Waals surface area contributed by atoms with Crippen LogP contribution in [0.4, 0.5) is 0 Å². The lowest BCUT2D eigenvalue weighted by Gasteiger charge is -1.96. The van der Waals surface area contributed by atoms with Crippen LogP contribution < -0.4 is 4.74 Å². The van der Waals surface area contributed by atoms with Crippen LogP contribution in [0.1, 0.15) is 12.8 Å². The van der Waals surface area contributed by atoms with E-state index >= 15 is 0 Å². The number of hydrogen-bond acceptors (Lipinski definition) is 2. The van der Waals surface area contributed by atoms with Crippen LogP contribution in [0.15, 0.2) is 12.5 Å². The van der Waals surface area contributed by atoms with Gasteiger partial charge in [-0.2, -0.15) is 0 Å². The molecule has 0 spiro atoms. The highest BCUT2D eigenvalue weighted by atomic mass is 16.5. The molecule has 0 atom stereocenters. The van der Waals surface area contributed by atoms with Crippen molar-refractivity contribution in [3.63, 3.8) is 0 Å². The van der Waals surface area contributed by atoms with Gasteiger partial charge in [-0.25, -0.2) is 4.98 Å². The van der Waals surface area contributed by atoms with Gasteiger partial charge in [0.15, 0.2) is 0 Å². The Bertz CT molecular complexity index is 179. The van der Waals surface area contributed by atoms with Crippen molar-refractivity contribution in [1.29, 1.82) is 0 Å². The molecule has 1 aliphatic carbocycles. The number of H-pyrrole nitrogens is 1. The molecule has 1 aromatic rings. The zero-order chi connectivity index (χ0) is 6.10. The molecule has 0 bridgehead atoms. The second kappa shape index (κ2) is 1.76. The Balaban J connectivity index is 1.99. The first kappa shape index (κ1) is 4.85. The lowest BCUT2D eigenvalue weighted by molar-refractivity contribution is 0.292. The third kappa shape index (κ3) is 1.04. The molecule has 1 aromatic heterocycles. The van der Waals surface area contributed by atoms with Gasteiger partial charge in [-0.15, -0.1) is 0 Å². The van der Waals surface area contributed by atoms with E-state index in [-0.39, 0.29) is 0 Å². The molecule has 1 heterocycles. The lowest BCUT2D eigenvalue weighted by atomic mass is 10.8. The molecule has 0 radical (unpaired) electrons. The van der Waals surface area contributed by atoms with Crippen molar-refractivity contribution in [2.75, 3.05) is 0 Å². The smallest absolute Gasteiger partial charge is 0.211 e. The summed E-state index contributed by atoms with van der Waals surface area (Å²) >= 11 is 0. The standard InChI is InChI=1S/C6H8N2O/c1-2-5(1)9-6-3-7-4-8-6/h3-5H,1-2H2,(H,7,8). The van der Waals surface area contributed by atoms with E-state index in [0.29, 0.717) is 6.10 Å². The second-order valence-electron chi connectivity index (χ2n) is 2.23. The van der Waals surface area contributed by atoms with Gasteiger partial charge in [-0.05, 0) is 12.8 Å². The molecule has 2 rings (SSSR count). The Morgan fingerprint density at radius 3 is 3.11 bits per heavy atom. The number of nitrogens with zero attached hydrogens (tertiary/aromatic N) is 1. The van der Waals surface area contributed by atoms with Gasteiger partial charge in [0.25, 0.3) is 0 Å². The largest absolute Gasteiger partial charge is 0.475 e. The van der Waals surface area contributed by atoms with E-state index in [0.717, 1.165) is 5.88 Å². The monoisotopic (exact) mass is 124 g/mol. The van der Waals surface area contributed by atoms with E-state index in [1.54, 1.807) is 12.5 Å². The average molecular weight is 124 g/mol. The van der Waals surface area contributed by atoms with E-state index in [2.05, 4.69) is 9.97 Å². The van der Waals surface area contributed by atoms with Crippen molar-refractivity contribution in [2.24, 2.45) is 0 Å². The van der Waals surface area contributed by atoms with Crippen LogP contribution in [0, 0.1) is 0 Å². The van der Waals surface area contributed by atoms with Crippen molar-refractivity contribution in [3.8, 4) is 5.88 Å². The summed E-state index contributed by atoms with van der Waals surface area (Å²) in [5, 5.41) is 0. The summed E-state index contributed by atoms with van der Waals surface area (Å²) in [6.07, 6.45) is 6.17. The quantitative estimate of drug-likeness (QED) is 0.637. The number of rotatable bonds is 2. The van der Waals surface area contributed by atoms with Gasteiger partial charge in [0.1, 0.15) is 6.10 Å². The maximum Gasteiger partial charge on any atom is 0.211 e. The minimum Gasteiger partial charge on any atom is -0.475 e. The molecule has 3 heteroatoms. The fourth-order valence-corrected chi connectivity index (χ4v) is 0.673. The molecule has 1 saturated carbocycles. The van der Waals surface area contributed by atoms with Crippen LogP contribution in [0.2, 0.25) is 0 Å². The van der Waals surface area contributed by atoms with Crippen LogP contribution in [-0.2, 0) is 0 Å². The zero-order valence-corrected chi connectivity index (χ0v) is 5.00. The predicted octanol–water partition coefficient (Wildman–Crippen LogP) is 0.951. The number of imidazole rings is 1. The summed E-state index contributed by atoms with van der Waals surface area (Å²) in [4.78, 5) is 6.70. The summed E-state index contributed by atoms with van der Waals surface area (Å²) in [6, 6.07) is 0. The van der Waals surface area contributed by atoms with Crippen molar-refractivity contribution < 1.29 is 4.74 Å². The lowest BCUT2D eigenvalue weighted by Crippen LogP contribution is -1.94. The first-order valence-corrected chi connectivity index (χ1v) is 3.10. The summed E-state index contributed by atoms with van der Waals surface area (Å²) in [5.41, 5.74) is 0. The normalized spacial score (nSPS) is 17.8. The fourth-order valence-electron chi connectivity index (χ4n) is 0.673. The van der Waals surface area contributed by atoms with E-state index < -0.39 is 0 Å². The van der Waals surface area contributed by atoms with Gasteiger partial charge in [0, 0.05) is 0 Å². The summed E-state index contributed by atoms with van der Waals surface area (Å²) in [5.74, 6) is 0.789. The van der Waals surface area contributed by atoms with Gasteiger partial charge in [0.2, 0.25) is 5.88 Å². The fraction of sp³-hybridized carbons (Fsp3) is 0.500. The molecule has 1 fully saturated rings. The SMILES string of the molecule is c1ncc(OC2CC2)[nH]1. The average Bonchev–Trinajstić information content (AvgIpc) is 2.46. The molecule has 0 unspecified atom stereocenters. The summed E-state index contributed by atoms with van der Waals surface area (Å²) in [7, 11) is 0. The van der Waals surface area contributed by atoms with Gasteiger partial charge >= 0.3 is 0 Å². The predicted molar refractivity (Wildman–Crippen MR) is 32.2 cm³/mol. The molecule has 1 N–H and O–H groups in total. The van der Waals surface area contributed by atoms with E-state index in [9.17, 15) is 0 Å². The Kier molecular flexibility index (Phi) is 0.946. The Morgan fingerprint density at radius 1 is 1.67 bits per heavy atom. The summed E-state index contributed by atoms with van der Waals surface area (Å²) < 4.78 is 5.35. The van der Waals surface area contributed by atoms with Gasteiger partial charge in [0.05, 0.1) is 12.5 Å². The minimum absolute atomic E-state index is 0.463. The first-order valence-electron chi connectivity index (χ1n) is 3.10. The van der Waals surface area contributed by atoms with Gasteiger partial charge in [-0.1, -0.05) is 0 Å². The number of ether oxygens (including phenoxy) is 1. The molecule has 3 nitrogen and oxygen atoms in total. The van der Waals surface area contributed by atoms with E-state index in [4.69, 9.17) is 4.74 Å². The van der Waals surface area contributed by atoms with E-state index in [1.807, 2.05) is 0 Å². The molecule has 0 amide bonds. The molecule has 0 saturated heterocycles. The number of aromatic amines is 1. The van der Waals surface area contributed by atoms with Gasteiger partial charge < -0.3 is 9.72 Å². The van der Waals surface area contributed by atoms with Crippen molar-refractivity contribution >= 4 is 0 Å². The number of nitrogens with one attached hydrogen (secondary N) is 1. The molecule has 9 heavy (non-hydrogen) atoms. The van der Waals surface area contributed by atoms with Crippen LogP contribution in [-0.4, -0.2) is 16.1 Å². The highest BCUT2D eigenvalue weighted by molar-refractivity contribution is 5.03. The molecule has 0 aromatic carbocycles. The molecule has 0 aliphatic heterocycles. The maximum atomic E-state index is 5.35. The van der Waals surface area contributed by atoms with Gasteiger partial charge in [-0.3, -0.25) is 0 Å². The summed E-state index contributed by atoms with van der Waals surface area (Å²) in [6.45, 7) is 0. The first-order chi connectivity index (χ1) is 4.45. The molecular weight excluding hydrogens is 116 g/mol. The van der Waals surface area contributed by atoms with E-state index in [1.165, 1.54) is 12.8 Å².